The molecule has 5 nitrogen and oxygen atoms in total. The van der Waals surface area contributed by atoms with Gasteiger partial charge < -0.3 is 0 Å². The number of halogens is 1. The second-order valence-corrected chi connectivity index (χ2v) is 2.72. The maximum absolute atomic E-state index is 12.3. The lowest BCUT2D eigenvalue weighted by Gasteiger charge is -1.99. The number of nitrogens with one attached hydrogen (secondary N) is 1. The van der Waals surface area contributed by atoms with Crippen LogP contribution in [-0.4, -0.2) is 20.2 Å². The SMILES string of the molecule is O=c1[nH]nnn1-c1cccc(CF)c1. The summed E-state index contributed by atoms with van der Waals surface area (Å²) >= 11 is 0. The molecular formula is C8H7FN4O. The molecule has 0 spiro atoms. The van der Waals surface area contributed by atoms with Gasteiger partial charge >= 0.3 is 5.69 Å². The molecule has 0 fully saturated rings. The number of aromatic amines is 1. The van der Waals surface area contributed by atoms with Crippen molar-refractivity contribution < 1.29 is 4.39 Å². The van der Waals surface area contributed by atoms with Crippen LogP contribution in [0, 0.1) is 0 Å². The van der Waals surface area contributed by atoms with E-state index in [9.17, 15) is 9.18 Å². The molecule has 2 rings (SSSR count). The van der Waals surface area contributed by atoms with Crippen LogP contribution in [0.1, 0.15) is 5.56 Å². The van der Waals surface area contributed by atoms with Crippen LogP contribution in [0.4, 0.5) is 4.39 Å². The van der Waals surface area contributed by atoms with Gasteiger partial charge in [0.25, 0.3) is 0 Å². The summed E-state index contributed by atoms with van der Waals surface area (Å²) < 4.78 is 13.4. The Morgan fingerprint density at radius 3 is 3.00 bits per heavy atom. The van der Waals surface area contributed by atoms with E-state index < -0.39 is 12.4 Å². The lowest BCUT2D eigenvalue weighted by atomic mass is 10.2. The number of benzene rings is 1. The van der Waals surface area contributed by atoms with Crippen LogP contribution in [0.5, 0.6) is 0 Å². The highest BCUT2D eigenvalue weighted by Crippen LogP contribution is 2.08. The molecule has 0 bridgehead atoms. The minimum absolute atomic E-state index is 0.444. The normalized spacial score (nSPS) is 10.4. The molecular weight excluding hydrogens is 187 g/mol. The molecule has 1 heterocycles. The Kier molecular flexibility index (Phi) is 2.10. The van der Waals surface area contributed by atoms with Crippen molar-refractivity contribution >= 4 is 0 Å². The molecule has 1 aromatic carbocycles. The number of hydrogen-bond donors (Lipinski definition) is 1. The van der Waals surface area contributed by atoms with Gasteiger partial charge in [-0.3, -0.25) is 0 Å². The second-order valence-electron chi connectivity index (χ2n) is 2.72. The zero-order valence-electron chi connectivity index (χ0n) is 7.14. The molecule has 2 aromatic rings. The highest BCUT2D eigenvalue weighted by atomic mass is 19.1. The summed E-state index contributed by atoms with van der Waals surface area (Å²) in [7, 11) is 0. The third-order valence-electron chi connectivity index (χ3n) is 1.78. The smallest absolute Gasteiger partial charge is 0.246 e. The average molecular weight is 194 g/mol. The molecule has 0 saturated heterocycles. The van der Waals surface area contributed by atoms with Gasteiger partial charge in [-0.1, -0.05) is 12.1 Å². The molecule has 0 atom stereocenters. The summed E-state index contributed by atoms with van der Waals surface area (Å²) in [6.07, 6.45) is 0. The van der Waals surface area contributed by atoms with Crippen molar-refractivity contribution in [2.75, 3.05) is 0 Å². The number of tetrazole rings is 1. The topological polar surface area (TPSA) is 63.6 Å². The first-order valence-corrected chi connectivity index (χ1v) is 3.97. The second kappa shape index (κ2) is 3.41. The van der Waals surface area contributed by atoms with E-state index in [1.54, 1.807) is 24.3 Å². The Labute approximate surface area is 78.2 Å². The van der Waals surface area contributed by atoms with Crippen LogP contribution >= 0.6 is 0 Å². The maximum atomic E-state index is 12.3. The molecule has 14 heavy (non-hydrogen) atoms. The van der Waals surface area contributed by atoms with Gasteiger partial charge in [0.05, 0.1) is 5.69 Å². The van der Waals surface area contributed by atoms with Crippen LogP contribution in [0.3, 0.4) is 0 Å². The van der Waals surface area contributed by atoms with Gasteiger partial charge in [-0.15, -0.1) is 0 Å². The van der Waals surface area contributed by atoms with E-state index in [2.05, 4.69) is 15.5 Å². The number of hydrogen-bond acceptors (Lipinski definition) is 3. The molecule has 0 saturated carbocycles. The highest BCUT2D eigenvalue weighted by Gasteiger charge is 2.02. The highest BCUT2D eigenvalue weighted by molar-refractivity contribution is 5.34. The van der Waals surface area contributed by atoms with Crippen molar-refractivity contribution in [3.05, 3.63) is 40.3 Å². The van der Waals surface area contributed by atoms with Crippen molar-refractivity contribution in [1.82, 2.24) is 20.2 Å². The Hall–Kier alpha value is -1.98. The lowest BCUT2D eigenvalue weighted by Crippen LogP contribution is -2.15. The quantitative estimate of drug-likeness (QED) is 0.753. The number of aromatic nitrogens is 4. The zero-order chi connectivity index (χ0) is 9.97. The van der Waals surface area contributed by atoms with Gasteiger partial charge in [0.2, 0.25) is 0 Å². The fraction of sp³-hybridized carbons (Fsp3) is 0.125. The van der Waals surface area contributed by atoms with Crippen molar-refractivity contribution in [2.45, 2.75) is 6.67 Å². The molecule has 0 radical (unpaired) electrons. The number of H-pyrrole nitrogens is 1. The first-order valence-electron chi connectivity index (χ1n) is 3.97. The van der Waals surface area contributed by atoms with Crippen molar-refractivity contribution in [1.29, 1.82) is 0 Å². The minimum Gasteiger partial charge on any atom is -0.246 e. The Balaban J connectivity index is 2.52. The Bertz CT molecular complexity index is 490. The number of rotatable bonds is 2. The molecule has 6 heteroatoms. The number of nitrogens with zero attached hydrogens (tertiary/aromatic N) is 3. The van der Waals surface area contributed by atoms with Crippen LogP contribution in [0.25, 0.3) is 5.69 Å². The molecule has 0 amide bonds. The molecule has 0 aliphatic heterocycles. The van der Waals surface area contributed by atoms with Gasteiger partial charge in [-0.25, -0.2) is 14.3 Å². The molecule has 0 unspecified atom stereocenters. The minimum atomic E-state index is -0.569. The van der Waals surface area contributed by atoms with E-state index in [-0.39, 0.29) is 0 Å². The van der Waals surface area contributed by atoms with E-state index >= 15 is 0 Å². The third-order valence-corrected chi connectivity index (χ3v) is 1.78. The lowest BCUT2D eigenvalue weighted by molar-refractivity contribution is 0.485. The standard InChI is InChI=1S/C8H7FN4O/c9-5-6-2-1-3-7(4-6)13-8(14)10-11-12-13/h1-4H,5H2,(H,10,12,14). The van der Waals surface area contributed by atoms with Crippen LogP contribution in [0.15, 0.2) is 29.1 Å². The summed E-state index contributed by atoms with van der Waals surface area (Å²) in [6.45, 7) is -0.569. The summed E-state index contributed by atoms with van der Waals surface area (Å²) in [5.41, 5.74) is 0.553. The average Bonchev–Trinajstić information content (AvgIpc) is 2.65. The molecule has 0 aliphatic carbocycles. The zero-order valence-corrected chi connectivity index (χ0v) is 7.14. The molecule has 1 aromatic heterocycles. The van der Waals surface area contributed by atoms with E-state index in [0.717, 1.165) is 4.68 Å². The van der Waals surface area contributed by atoms with Gasteiger partial charge in [-0.2, -0.15) is 4.68 Å². The van der Waals surface area contributed by atoms with Crippen LogP contribution < -0.4 is 5.69 Å². The summed E-state index contributed by atoms with van der Waals surface area (Å²) in [5.74, 6) is 0. The van der Waals surface area contributed by atoms with Gasteiger partial charge in [0, 0.05) is 0 Å². The molecule has 72 valence electrons. The number of alkyl halides is 1. The predicted octanol–water partition coefficient (Wildman–Crippen LogP) is 0.425. The van der Waals surface area contributed by atoms with Crippen molar-refractivity contribution in [2.24, 2.45) is 0 Å². The summed E-state index contributed by atoms with van der Waals surface area (Å²) in [4.78, 5) is 11.1. The fourth-order valence-corrected chi connectivity index (χ4v) is 1.14. The van der Waals surface area contributed by atoms with Gasteiger partial charge in [0.1, 0.15) is 6.67 Å². The van der Waals surface area contributed by atoms with E-state index in [1.807, 2.05) is 0 Å². The van der Waals surface area contributed by atoms with E-state index in [4.69, 9.17) is 0 Å². The maximum Gasteiger partial charge on any atom is 0.365 e. The Morgan fingerprint density at radius 2 is 2.36 bits per heavy atom. The van der Waals surface area contributed by atoms with Crippen molar-refractivity contribution in [3.63, 3.8) is 0 Å². The first-order chi connectivity index (χ1) is 6.81. The first kappa shape index (κ1) is 8.61. The fourth-order valence-electron chi connectivity index (χ4n) is 1.14. The van der Waals surface area contributed by atoms with Crippen LogP contribution in [0.2, 0.25) is 0 Å². The predicted molar refractivity (Wildman–Crippen MR) is 46.8 cm³/mol. The van der Waals surface area contributed by atoms with Crippen LogP contribution in [-0.2, 0) is 6.67 Å². The van der Waals surface area contributed by atoms with Gasteiger partial charge in [0.15, 0.2) is 0 Å². The Morgan fingerprint density at radius 1 is 1.50 bits per heavy atom. The van der Waals surface area contributed by atoms with E-state index in [1.165, 1.54) is 0 Å². The summed E-state index contributed by atoms with van der Waals surface area (Å²) in [6, 6.07) is 6.49. The van der Waals surface area contributed by atoms with Gasteiger partial charge in [-0.05, 0) is 28.1 Å². The monoisotopic (exact) mass is 194 g/mol. The van der Waals surface area contributed by atoms with E-state index in [0.29, 0.717) is 11.3 Å². The largest absolute Gasteiger partial charge is 0.365 e. The summed E-state index contributed by atoms with van der Waals surface area (Å²) in [5, 5.41) is 9.03. The molecule has 0 aliphatic rings. The third kappa shape index (κ3) is 1.41. The van der Waals surface area contributed by atoms with Crippen molar-refractivity contribution in [3.8, 4) is 5.69 Å². The molecule has 1 N–H and O–H groups in total.